The lowest BCUT2D eigenvalue weighted by Gasteiger charge is -2.46. The van der Waals surface area contributed by atoms with E-state index in [1.807, 2.05) is 12.1 Å². The highest BCUT2D eigenvalue weighted by Gasteiger charge is 2.38. The zero-order valence-corrected chi connectivity index (χ0v) is 14.3. The second-order valence-electron chi connectivity index (χ2n) is 5.64. The molecule has 1 rings (SSSR count). The smallest absolute Gasteiger partial charge is 0.0506 e. The van der Waals surface area contributed by atoms with E-state index in [-0.39, 0.29) is 5.54 Å². The predicted molar refractivity (Wildman–Crippen MR) is 89.5 cm³/mol. The highest BCUT2D eigenvalue weighted by molar-refractivity contribution is 6.30. The van der Waals surface area contributed by atoms with Crippen molar-refractivity contribution in [2.75, 3.05) is 20.6 Å². The van der Waals surface area contributed by atoms with Gasteiger partial charge in [-0.2, -0.15) is 0 Å². The van der Waals surface area contributed by atoms with Gasteiger partial charge in [0.2, 0.25) is 0 Å². The van der Waals surface area contributed by atoms with Gasteiger partial charge < -0.3 is 10.2 Å². The van der Waals surface area contributed by atoms with Crippen LogP contribution in [0.1, 0.15) is 51.6 Å². The molecule has 0 saturated carbocycles. The summed E-state index contributed by atoms with van der Waals surface area (Å²) in [7, 11) is 4.37. The van der Waals surface area contributed by atoms with E-state index in [1.165, 1.54) is 5.56 Å². The molecule has 114 valence electrons. The van der Waals surface area contributed by atoms with Gasteiger partial charge in [-0.25, -0.2) is 0 Å². The molecule has 1 atom stereocenters. The van der Waals surface area contributed by atoms with Crippen LogP contribution in [-0.4, -0.2) is 31.1 Å². The number of hydrogen-bond donors (Lipinski definition) is 1. The predicted octanol–water partition coefficient (Wildman–Crippen LogP) is 4.50. The van der Waals surface area contributed by atoms with Crippen molar-refractivity contribution in [1.82, 2.24) is 10.2 Å². The quantitative estimate of drug-likeness (QED) is 0.760. The zero-order valence-electron chi connectivity index (χ0n) is 13.5. The zero-order chi connectivity index (χ0) is 15.2. The Kier molecular flexibility index (Phi) is 7.01. The van der Waals surface area contributed by atoms with Crippen molar-refractivity contribution in [2.24, 2.45) is 0 Å². The molecule has 0 amide bonds. The second kappa shape index (κ2) is 8.02. The topological polar surface area (TPSA) is 15.3 Å². The van der Waals surface area contributed by atoms with Gasteiger partial charge >= 0.3 is 0 Å². The molecule has 1 unspecified atom stereocenters. The van der Waals surface area contributed by atoms with E-state index in [4.69, 9.17) is 11.6 Å². The van der Waals surface area contributed by atoms with E-state index in [2.05, 4.69) is 57.2 Å². The minimum atomic E-state index is 0.128. The first-order valence-electron chi connectivity index (χ1n) is 7.68. The molecule has 0 fully saturated rings. The summed E-state index contributed by atoms with van der Waals surface area (Å²) in [4.78, 5) is 2.37. The van der Waals surface area contributed by atoms with E-state index < -0.39 is 0 Å². The van der Waals surface area contributed by atoms with Crippen LogP contribution >= 0.6 is 11.6 Å². The Morgan fingerprint density at radius 1 is 1.10 bits per heavy atom. The molecule has 0 aliphatic rings. The third-order valence-electron chi connectivity index (χ3n) is 4.45. The maximum atomic E-state index is 6.03. The van der Waals surface area contributed by atoms with E-state index in [0.717, 1.165) is 30.8 Å². The molecule has 1 N–H and O–H groups in total. The number of benzene rings is 1. The SMILES string of the molecule is CCCNC(c1ccc(Cl)cc1)C(CC)(CC)N(C)C. The fourth-order valence-corrected chi connectivity index (χ4v) is 3.24. The molecule has 0 heterocycles. The van der Waals surface area contributed by atoms with Gasteiger partial charge in [-0.05, 0) is 57.6 Å². The lowest BCUT2D eigenvalue weighted by molar-refractivity contribution is 0.0881. The molecule has 0 saturated heterocycles. The van der Waals surface area contributed by atoms with Crippen molar-refractivity contribution in [3.05, 3.63) is 34.9 Å². The monoisotopic (exact) mass is 296 g/mol. The van der Waals surface area contributed by atoms with Crippen molar-refractivity contribution >= 4 is 11.6 Å². The normalized spacial score (nSPS) is 13.8. The molecule has 2 nitrogen and oxygen atoms in total. The summed E-state index contributed by atoms with van der Waals surface area (Å²) in [6, 6.07) is 8.61. The van der Waals surface area contributed by atoms with Gasteiger partial charge in [-0.3, -0.25) is 0 Å². The van der Waals surface area contributed by atoms with E-state index in [1.54, 1.807) is 0 Å². The van der Waals surface area contributed by atoms with Crippen molar-refractivity contribution in [1.29, 1.82) is 0 Å². The number of hydrogen-bond acceptors (Lipinski definition) is 2. The van der Waals surface area contributed by atoms with E-state index in [9.17, 15) is 0 Å². The maximum Gasteiger partial charge on any atom is 0.0506 e. The van der Waals surface area contributed by atoms with Crippen LogP contribution in [0.5, 0.6) is 0 Å². The molecular weight excluding hydrogens is 268 g/mol. The summed E-state index contributed by atoms with van der Waals surface area (Å²) in [5.74, 6) is 0. The number of halogens is 1. The first kappa shape index (κ1) is 17.5. The largest absolute Gasteiger partial charge is 0.308 e. The van der Waals surface area contributed by atoms with Crippen LogP contribution in [0.2, 0.25) is 5.02 Å². The summed E-state index contributed by atoms with van der Waals surface area (Å²) in [5, 5.41) is 4.54. The molecule has 0 aliphatic carbocycles. The Bertz CT molecular complexity index is 382. The molecule has 0 radical (unpaired) electrons. The van der Waals surface area contributed by atoms with Gasteiger partial charge in [0.1, 0.15) is 0 Å². The Labute approximate surface area is 129 Å². The average molecular weight is 297 g/mol. The molecule has 20 heavy (non-hydrogen) atoms. The third-order valence-corrected chi connectivity index (χ3v) is 4.71. The van der Waals surface area contributed by atoms with Crippen molar-refractivity contribution in [3.8, 4) is 0 Å². The van der Waals surface area contributed by atoms with Crippen LogP contribution in [0, 0.1) is 0 Å². The number of nitrogens with zero attached hydrogens (tertiary/aromatic N) is 1. The van der Waals surface area contributed by atoms with E-state index >= 15 is 0 Å². The fraction of sp³-hybridized carbons (Fsp3) is 0.647. The molecule has 0 aromatic heterocycles. The molecule has 3 heteroatoms. The summed E-state index contributed by atoms with van der Waals surface area (Å²) in [6.45, 7) is 7.80. The van der Waals surface area contributed by atoms with Gasteiger partial charge in [0, 0.05) is 10.6 Å². The molecule has 0 bridgehead atoms. The molecule has 1 aromatic rings. The summed E-state index contributed by atoms with van der Waals surface area (Å²) in [5.41, 5.74) is 1.45. The third kappa shape index (κ3) is 3.75. The van der Waals surface area contributed by atoms with Crippen LogP contribution in [0.4, 0.5) is 0 Å². The summed E-state index contributed by atoms with van der Waals surface area (Å²) < 4.78 is 0. The lowest BCUT2D eigenvalue weighted by atomic mass is 9.79. The van der Waals surface area contributed by atoms with Gasteiger partial charge in [-0.15, -0.1) is 0 Å². The summed E-state index contributed by atoms with van der Waals surface area (Å²) >= 11 is 6.03. The van der Waals surface area contributed by atoms with Gasteiger partial charge in [0.25, 0.3) is 0 Å². The highest BCUT2D eigenvalue weighted by atomic mass is 35.5. The lowest BCUT2D eigenvalue weighted by Crippen LogP contribution is -2.53. The number of rotatable bonds is 8. The van der Waals surface area contributed by atoms with Gasteiger partial charge in [0.05, 0.1) is 6.04 Å². The Hall–Kier alpha value is -0.570. The van der Waals surface area contributed by atoms with E-state index in [0.29, 0.717) is 6.04 Å². The highest BCUT2D eigenvalue weighted by Crippen LogP contribution is 2.36. The second-order valence-corrected chi connectivity index (χ2v) is 6.08. The van der Waals surface area contributed by atoms with Crippen molar-refractivity contribution in [2.45, 2.75) is 51.6 Å². The van der Waals surface area contributed by atoms with Crippen molar-refractivity contribution in [3.63, 3.8) is 0 Å². The minimum Gasteiger partial charge on any atom is -0.308 e. The maximum absolute atomic E-state index is 6.03. The Morgan fingerprint density at radius 2 is 1.65 bits per heavy atom. The van der Waals surface area contributed by atoms with Crippen LogP contribution in [0.15, 0.2) is 24.3 Å². The molecule has 0 spiro atoms. The fourth-order valence-electron chi connectivity index (χ4n) is 3.11. The van der Waals surface area contributed by atoms with Crippen LogP contribution in [0.25, 0.3) is 0 Å². The van der Waals surface area contributed by atoms with Gasteiger partial charge in [-0.1, -0.05) is 44.5 Å². The Morgan fingerprint density at radius 3 is 2.05 bits per heavy atom. The van der Waals surface area contributed by atoms with Crippen LogP contribution in [0.3, 0.4) is 0 Å². The van der Waals surface area contributed by atoms with Crippen LogP contribution in [-0.2, 0) is 0 Å². The van der Waals surface area contributed by atoms with Gasteiger partial charge in [0.15, 0.2) is 0 Å². The molecular formula is C17H29ClN2. The standard InChI is InChI=1S/C17H29ClN2/c1-6-13-19-16(14-9-11-15(18)12-10-14)17(7-2,8-3)20(4)5/h9-12,16,19H,6-8,13H2,1-5H3. The number of nitrogens with one attached hydrogen (secondary N) is 1. The molecule has 0 aliphatic heterocycles. The average Bonchev–Trinajstić information content (AvgIpc) is 2.44. The summed E-state index contributed by atoms with van der Waals surface area (Å²) in [6.07, 6.45) is 3.36. The van der Waals surface area contributed by atoms with Crippen LogP contribution < -0.4 is 5.32 Å². The first-order chi connectivity index (χ1) is 9.51. The first-order valence-corrected chi connectivity index (χ1v) is 8.05. The number of likely N-dealkylation sites (N-methyl/N-ethyl adjacent to an activating group) is 1. The Balaban J connectivity index is 3.18. The minimum absolute atomic E-state index is 0.128. The molecule has 1 aromatic carbocycles. The van der Waals surface area contributed by atoms with Crippen molar-refractivity contribution < 1.29 is 0 Å².